The van der Waals surface area contributed by atoms with Gasteiger partial charge >= 0.3 is 5.97 Å². The minimum atomic E-state index is -0.446. The summed E-state index contributed by atoms with van der Waals surface area (Å²) in [4.78, 5) is 24.4. The predicted molar refractivity (Wildman–Crippen MR) is 111 cm³/mol. The molecule has 0 saturated heterocycles. The molecule has 4 nitrogen and oxygen atoms in total. The zero-order valence-corrected chi connectivity index (χ0v) is 16.3. The largest absolute Gasteiger partial charge is 0.493 e. The van der Waals surface area contributed by atoms with Crippen LogP contribution < -0.4 is 4.74 Å². The Balaban J connectivity index is 1.30. The van der Waals surface area contributed by atoms with Crippen molar-refractivity contribution < 1.29 is 19.1 Å². The van der Waals surface area contributed by atoms with Crippen LogP contribution in [0.5, 0.6) is 5.75 Å². The van der Waals surface area contributed by atoms with Crippen LogP contribution in [0.4, 0.5) is 0 Å². The van der Waals surface area contributed by atoms with Crippen molar-refractivity contribution in [3.63, 3.8) is 0 Å². The number of fused-ring (bicyclic) bond motifs is 3. The number of Topliss-reactive ketones (excluding diaryl/α,β-unsaturated/α-hetero) is 1. The standard InChI is InChI=1S/C25H22O4/c1-17-6-2-5-9-24(17)28-13-12-25(27)29-16-23(26)20-11-10-19-14-18-7-3-4-8-21(18)22(19)15-20/h2-11,15H,12-14,16H2,1H3. The number of hydrogen-bond acceptors (Lipinski definition) is 4. The monoisotopic (exact) mass is 386 g/mol. The second-order valence-corrected chi connectivity index (χ2v) is 7.15. The highest BCUT2D eigenvalue weighted by atomic mass is 16.5. The quantitative estimate of drug-likeness (QED) is 0.339. The average molecular weight is 386 g/mol. The maximum absolute atomic E-state index is 12.5. The Labute approximate surface area is 170 Å². The molecule has 0 radical (unpaired) electrons. The lowest BCUT2D eigenvalue weighted by molar-refractivity contribution is -0.143. The van der Waals surface area contributed by atoms with E-state index >= 15 is 0 Å². The molecule has 4 rings (SSSR count). The lowest BCUT2D eigenvalue weighted by Gasteiger charge is -2.09. The van der Waals surface area contributed by atoms with Gasteiger partial charge in [-0.05, 0) is 53.3 Å². The molecule has 4 heteroatoms. The molecular formula is C25H22O4. The van der Waals surface area contributed by atoms with Gasteiger partial charge in [0.15, 0.2) is 12.4 Å². The van der Waals surface area contributed by atoms with E-state index in [1.165, 1.54) is 16.7 Å². The van der Waals surface area contributed by atoms with Gasteiger partial charge in [0.2, 0.25) is 0 Å². The summed E-state index contributed by atoms with van der Waals surface area (Å²) in [6.45, 7) is 1.90. The van der Waals surface area contributed by atoms with E-state index in [-0.39, 0.29) is 25.4 Å². The third-order valence-electron chi connectivity index (χ3n) is 5.14. The number of rotatable bonds is 7. The first-order valence-corrected chi connectivity index (χ1v) is 9.70. The van der Waals surface area contributed by atoms with Crippen LogP contribution in [0.15, 0.2) is 66.7 Å². The zero-order chi connectivity index (χ0) is 20.2. The van der Waals surface area contributed by atoms with E-state index in [9.17, 15) is 9.59 Å². The van der Waals surface area contributed by atoms with Crippen LogP contribution in [0.2, 0.25) is 0 Å². The normalized spacial score (nSPS) is 11.5. The van der Waals surface area contributed by atoms with Crippen molar-refractivity contribution in [2.75, 3.05) is 13.2 Å². The first-order chi connectivity index (χ1) is 14.1. The van der Waals surface area contributed by atoms with Crippen molar-refractivity contribution in [3.05, 3.63) is 89.0 Å². The van der Waals surface area contributed by atoms with E-state index in [2.05, 4.69) is 12.1 Å². The number of ether oxygens (including phenoxy) is 2. The summed E-state index contributed by atoms with van der Waals surface area (Å²) < 4.78 is 10.7. The summed E-state index contributed by atoms with van der Waals surface area (Å²) in [6, 6.07) is 21.5. The number of esters is 1. The molecule has 0 aliphatic heterocycles. The third kappa shape index (κ3) is 4.21. The van der Waals surface area contributed by atoms with Crippen molar-refractivity contribution in [2.45, 2.75) is 19.8 Å². The molecule has 0 N–H and O–H groups in total. The number of hydrogen-bond donors (Lipinski definition) is 0. The molecule has 1 aliphatic rings. The van der Waals surface area contributed by atoms with Gasteiger partial charge in [0, 0.05) is 5.56 Å². The van der Waals surface area contributed by atoms with Crippen molar-refractivity contribution in [2.24, 2.45) is 0 Å². The molecule has 0 atom stereocenters. The number of ketones is 1. The van der Waals surface area contributed by atoms with Crippen molar-refractivity contribution in [1.29, 1.82) is 0 Å². The van der Waals surface area contributed by atoms with Crippen molar-refractivity contribution in [1.82, 2.24) is 0 Å². The van der Waals surface area contributed by atoms with Gasteiger partial charge in [-0.2, -0.15) is 0 Å². The molecular weight excluding hydrogens is 364 g/mol. The number of para-hydroxylation sites is 1. The Morgan fingerprint density at radius 3 is 2.52 bits per heavy atom. The van der Waals surface area contributed by atoms with E-state index in [1.54, 1.807) is 0 Å². The van der Waals surface area contributed by atoms with Crippen molar-refractivity contribution >= 4 is 11.8 Å². The number of carbonyl (C=O) groups is 2. The van der Waals surface area contributed by atoms with Gasteiger partial charge in [0.1, 0.15) is 5.75 Å². The van der Waals surface area contributed by atoms with Gasteiger partial charge < -0.3 is 9.47 Å². The van der Waals surface area contributed by atoms with Crippen LogP contribution in [0.3, 0.4) is 0 Å². The fourth-order valence-corrected chi connectivity index (χ4v) is 3.56. The Kier molecular flexibility index (Phi) is 5.43. The second-order valence-electron chi connectivity index (χ2n) is 7.15. The highest BCUT2D eigenvalue weighted by Crippen LogP contribution is 2.36. The third-order valence-corrected chi connectivity index (χ3v) is 5.14. The second kappa shape index (κ2) is 8.31. The number of aryl methyl sites for hydroxylation is 1. The minimum Gasteiger partial charge on any atom is -0.493 e. The molecule has 0 unspecified atom stereocenters. The molecule has 3 aromatic carbocycles. The Morgan fingerprint density at radius 2 is 1.66 bits per heavy atom. The van der Waals surface area contributed by atoms with E-state index in [1.807, 2.05) is 61.5 Å². The lowest BCUT2D eigenvalue weighted by atomic mass is 10.0. The molecule has 0 fully saturated rings. The predicted octanol–water partition coefficient (Wildman–Crippen LogP) is 4.76. The van der Waals surface area contributed by atoms with Gasteiger partial charge in [-0.25, -0.2) is 0 Å². The topological polar surface area (TPSA) is 52.6 Å². The molecule has 0 heterocycles. The van der Waals surface area contributed by atoms with Crippen LogP contribution in [0.25, 0.3) is 11.1 Å². The van der Waals surface area contributed by atoms with E-state index in [4.69, 9.17) is 9.47 Å². The van der Waals surface area contributed by atoms with Gasteiger partial charge in [-0.1, -0.05) is 54.6 Å². The van der Waals surface area contributed by atoms with E-state index in [0.29, 0.717) is 5.56 Å². The molecule has 29 heavy (non-hydrogen) atoms. The summed E-state index contributed by atoms with van der Waals surface area (Å²) in [5, 5.41) is 0. The summed E-state index contributed by atoms with van der Waals surface area (Å²) in [5.41, 5.74) is 6.31. The number of benzene rings is 3. The summed E-state index contributed by atoms with van der Waals surface area (Å²) in [7, 11) is 0. The van der Waals surface area contributed by atoms with Gasteiger partial charge in [0.05, 0.1) is 13.0 Å². The smallest absolute Gasteiger partial charge is 0.309 e. The minimum absolute atomic E-state index is 0.0964. The van der Waals surface area contributed by atoms with Crippen LogP contribution in [-0.2, 0) is 16.0 Å². The molecule has 0 amide bonds. The maximum atomic E-state index is 12.5. The average Bonchev–Trinajstić information content (AvgIpc) is 3.11. The van der Waals surface area contributed by atoms with Gasteiger partial charge in [-0.15, -0.1) is 0 Å². The highest BCUT2D eigenvalue weighted by molar-refractivity contribution is 5.99. The molecule has 1 aliphatic carbocycles. The Bertz CT molecular complexity index is 1070. The highest BCUT2D eigenvalue weighted by Gasteiger charge is 2.20. The molecule has 146 valence electrons. The SMILES string of the molecule is Cc1ccccc1OCCC(=O)OCC(=O)c1ccc2c(c1)-c1ccccc1C2. The molecule has 0 saturated carbocycles. The Hall–Kier alpha value is -3.40. The summed E-state index contributed by atoms with van der Waals surface area (Å²) >= 11 is 0. The molecule has 0 spiro atoms. The maximum Gasteiger partial charge on any atom is 0.309 e. The Morgan fingerprint density at radius 1 is 0.897 bits per heavy atom. The van der Waals surface area contributed by atoms with Crippen LogP contribution in [0, 0.1) is 6.92 Å². The fourth-order valence-electron chi connectivity index (χ4n) is 3.56. The van der Waals surface area contributed by atoms with Gasteiger partial charge in [-0.3, -0.25) is 9.59 Å². The van der Waals surface area contributed by atoms with E-state index < -0.39 is 5.97 Å². The van der Waals surface area contributed by atoms with Gasteiger partial charge in [0.25, 0.3) is 0 Å². The summed E-state index contributed by atoms with van der Waals surface area (Å²) in [5.74, 6) is 0.0959. The molecule has 0 bridgehead atoms. The first kappa shape index (κ1) is 18.9. The first-order valence-electron chi connectivity index (χ1n) is 9.70. The van der Waals surface area contributed by atoms with Crippen LogP contribution in [0.1, 0.15) is 33.5 Å². The van der Waals surface area contributed by atoms with Crippen LogP contribution in [-0.4, -0.2) is 25.0 Å². The molecule has 3 aromatic rings. The van der Waals surface area contributed by atoms with E-state index in [0.717, 1.165) is 23.3 Å². The zero-order valence-electron chi connectivity index (χ0n) is 16.3. The summed E-state index contributed by atoms with van der Waals surface area (Å²) in [6.07, 6.45) is 0.981. The van der Waals surface area contributed by atoms with Crippen molar-refractivity contribution in [3.8, 4) is 16.9 Å². The van der Waals surface area contributed by atoms with Crippen LogP contribution >= 0.6 is 0 Å². The lowest BCUT2D eigenvalue weighted by Crippen LogP contribution is -2.16. The number of carbonyl (C=O) groups excluding carboxylic acids is 2. The fraction of sp³-hybridized carbons (Fsp3) is 0.200. The molecule has 0 aromatic heterocycles.